The maximum Gasteiger partial charge on any atom is 0.255 e. The van der Waals surface area contributed by atoms with E-state index in [-0.39, 0.29) is 11.7 Å². The summed E-state index contributed by atoms with van der Waals surface area (Å²) in [6, 6.07) is 14.4. The number of phenolic OH excluding ortho intramolecular Hbond substituents is 1. The normalized spacial score (nSPS) is 14.9. The molecule has 0 saturated heterocycles. The zero-order chi connectivity index (χ0) is 15.7. The molecule has 0 radical (unpaired) electrons. The number of hydrogen-bond acceptors (Lipinski definition) is 3. The Balaban J connectivity index is 1.85. The third-order valence-electron chi connectivity index (χ3n) is 4.11. The van der Waals surface area contributed by atoms with Crippen molar-refractivity contribution in [3.8, 4) is 11.8 Å². The number of rotatable bonds is 3. The number of anilines is 1. The molecular weight excluding hydrogens is 276 g/mol. The second-order valence-electron chi connectivity index (χ2n) is 5.73. The molecule has 1 saturated carbocycles. The van der Waals surface area contributed by atoms with E-state index in [0.29, 0.717) is 11.3 Å². The molecule has 0 heterocycles. The summed E-state index contributed by atoms with van der Waals surface area (Å²) in [5, 5.41) is 21.6. The lowest BCUT2D eigenvalue weighted by Gasteiger charge is -2.11. The number of benzene rings is 2. The number of carbonyl (C=O) groups is 1. The molecule has 1 aliphatic carbocycles. The third-order valence-corrected chi connectivity index (χ3v) is 4.11. The largest absolute Gasteiger partial charge is 0.508 e. The van der Waals surface area contributed by atoms with Crippen molar-refractivity contribution in [2.75, 3.05) is 5.32 Å². The minimum atomic E-state index is -0.406. The lowest BCUT2D eigenvalue weighted by Crippen LogP contribution is -2.14. The van der Waals surface area contributed by atoms with Crippen molar-refractivity contribution in [3.05, 3.63) is 59.2 Å². The van der Waals surface area contributed by atoms with Crippen molar-refractivity contribution in [1.82, 2.24) is 0 Å². The maximum atomic E-state index is 12.4. The maximum absolute atomic E-state index is 12.4. The predicted molar refractivity (Wildman–Crippen MR) is 83.8 cm³/mol. The Kier molecular flexibility index (Phi) is 3.34. The summed E-state index contributed by atoms with van der Waals surface area (Å²) >= 11 is 0. The SMILES string of the molecule is Cc1ccc(O)cc1NC(=O)c1cccc(C2(C#N)CC2)c1. The lowest BCUT2D eigenvalue weighted by molar-refractivity contribution is 0.102. The fraction of sp³-hybridized carbons (Fsp3) is 0.222. The number of nitriles is 1. The highest BCUT2D eigenvalue weighted by atomic mass is 16.3. The number of nitrogens with zero attached hydrogens (tertiary/aromatic N) is 1. The molecule has 2 aromatic rings. The van der Waals surface area contributed by atoms with Gasteiger partial charge in [-0.15, -0.1) is 0 Å². The van der Waals surface area contributed by atoms with Crippen LogP contribution in [0, 0.1) is 18.3 Å². The van der Waals surface area contributed by atoms with Crippen molar-refractivity contribution < 1.29 is 9.90 Å². The van der Waals surface area contributed by atoms with E-state index in [2.05, 4.69) is 11.4 Å². The van der Waals surface area contributed by atoms with Crippen LogP contribution < -0.4 is 5.32 Å². The Hall–Kier alpha value is -2.80. The summed E-state index contributed by atoms with van der Waals surface area (Å²) in [4.78, 5) is 12.4. The van der Waals surface area contributed by atoms with Crippen molar-refractivity contribution in [1.29, 1.82) is 5.26 Å². The third kappa shape index (κ3) is 2.53. The molecule has 2 aromatic carbocycles. The van der Waals surface area contributed by atoms with Gasteiger partial charge in [-0.05, 0) is 49.1 Å². The summed E-state index contributed by atoms with van der Waals surface area (Å²) < 4.78 is 0. The van der Waals surface area contributed by atoms with Gasteiger partial charge in [-0.25, -0.2) is 0 Å². The van der Waals surface area contributed by atoms with Gasteiger partial charge in [0.15, 0.2) is 0 Å². The van der Waals surface area contributed by atoms with Crippen molar-refractivity contribution in [2.45, 2.75) is 25.2 Å². The van der Waals surface area contributed by atoms with E-state index in [1.54, 1.807) is 30.3 Å². The topological polar surface area (TPSA) is 73.1 Å². The van der Waals surface area contributed by atoms with Gasteiger partial charge in [0.2, 0.25) is 0 Å². The van der Waals surface area contributed by atoms with Crippen LogP contribution in [0.3, 0.4) is 0 Å². The van der Waals surface area contributed by atoms with Gasteiger partial charge in [-0.3, -0.25) is 4.79 Å². The van der Waals surface area contributed by atoms with Gasteiger partial charge in [-0.1, -0.05) is 18.2 Å². The van der Waals surface area contributed by atoms with Crippen molar-refractivity contribution in [3.63, 3.8) is 0 Å². The molecule has 110 valence electrons. The molecule has 0 aliphatic heterocycles. The molecule has 0 spiro atoms. The van der Waals surface area contributed by atoms with Crippen molar-refractivity contribution in [2.24, 2.45) is 0 Å². The average molecular weight is 292 g/mol. The number of phenols is 1. The number of hydrogen-bond donors (Lipinski definition) is 2. The highest BCUT2D eigenvalue weighted by molar-refractivity contribution is 6.04. The fourth-order valence-electron chi connectivity index (χ4n) is 2.49. The first-order valence-electron chi connectivity index (χ1n) is 7.17. The first-order chi connectivity index (χ1) is 10.5. The molecule has 1 fully saturated rings. The predicted octanol–water partition coefficient (Wildman–Crippen LogP) is 3.51. The minimum absolute atomic E-state index is 0.107. The van der Waals surface area contributed by atoms with E-state index in [1.807, 2.05) is 13.0 Å². The first-order valence-corrected chi connectivity index (χ1v) is 7.17. The summed E-state index contributed by atoms with van der Waals surface area (Å²) in [6.45, 7) is 1.86. The molecule has 2 N–H and O–H groups in total. The van der Waals surface area contributed by atoms with E-state index < -0.39 is 5.41 Å². The molecule has 4 heteroatoms. The molecule has 3 rings (SSSR count). The second kappa shape index (κ2) is 5.19. The number of carbonyl (C=O) groups excluding carboxylic acids is 1. The van der Waals surface area contributed by atoms with Gasteiger partial charge in [-0.2, -0.15) is 5.26 Å². The highest BCUT2D eigenvalue weighted by Crippen LogP contribution is 2.47. The van der Waals surface area contributed by atoms with Crippen LogP contribution in [-0.4, -0.2) is 11.0 Å². The Labute approximate surface area is 129 Å². The molecule has 0 bridgehead atoms. The Morgan fingerprint density at radius 3 is 2.73 bits per heavy atom. The number of aromatic hydroxyl groups is 1. The van der Waals surface area contributed by atoms with Gasteiger partial charge < -0.3 is 10.4 Å². The van der Waals surface area contributed by atoms with Crippen LogP contribution in [0.2, 0.25) is 0 Å². The van der Waals surface area contributed by atoms with Crippen LogP contribution in [0.1, 0.15) is 34.3 Å². The molecular formula is C18H16N2O2. The standard InChI is InChI=1S/C18H16N2O2/c1-12-5-6-15(21)10-16(12)20-17(22)13-3-2-4-14(9-13)18(11-19)7-8-18/h2-6,9-10,21H,7-8H2,1H3,(H,20,22). The minimum Gasteiger partial charge on any atom is -0.508 e. The van der Waals surface area contributed by atoms with Crippen LogP contribution in [-0.2, 0) is 5.41 Å². The fourth-order valence-corrected chi connectivity index (χ4v) is 2.49. The monoisotopic (exact) mass is 292 g/mol. The van der Waals surface area contributed by atoms with Crippen LogP contribution in [0.15, 0.2) is 42.5 Å². The Morgan fingerprint density at radius 1 is 1.27 bits per heavy atom. The zero-order valence-corrected chi connectivity index (χ0v) is 12.3. The molecule has 4 nitrogen and oxygen atoms in total. The van der Waals surface area contributed by atoms with E-state index in [0.717, 1.165) is 24.0 Å². The van der Waals surface area contributed by atoms with E-state index in [4.69, 9.17) is 0 Å². The molecule has 1 amide bonds. The summed E-state index contributed by atoms with van der Waals surface area (Å²) in [6.07, 6.45) is 1.69. The Morgan fingerprint density at radius 2 is 2.05 bits per heavy atom. The van der Waals surface area contributed by atoms with E-state index in [9.17, 15) is 15.2 Å². The molecule has 0 unspecified atom stereocenters. The molecule has 0 aromatic heterocycles. The van der Waals surface area contributed by atoms with Gasteiger partial charge >= 0.3 is 0 Å². The van der Waals surface area contributed by atoms with Gasteiger partial charge in [0.1, 0.15) is 5.75 Å². The number of amides is 1. The smallest absolute Gasteiger partial charge is 0.255 e. The summed E-state index contributed by atoms with van der Waals surface area (Å²) in [7, 11) is 0. The molecule has 1 aliphatic rings. The summed E-state index contributed by atoms with van der Waals surface area (Å²) in [5.74, 6) is -0.139. The van der Waals surface area contributed by atoms with Gasteiger partial charge in [0.25, 0.3) is 5.91 Å². The van der Waals surface area contributed by atoms with E-state index in [1.165, 1.54) is 6.07 Å². The lowest BCUT2D eigenvalue weighted by atomic mass is 9.96. The van der Waals surface area contributed by atoms with E-state index >= 15 is 0 Å². The first kappa shape index (κ1) is 14.2. The molecule has 0 atom stereocenters. The van der Waals surface area contributed by atoms with Crippen molar-refractivity contribution >= 4 is 11.6 Å². The quantitative estimate of drug-likeness (QED) is 0.909. The zero-order valence-electron chi connectivity index (χ0n) is 12.3. The average Bonchev–Trinajstić information content (AvgIpc) is 3.32. The second-order valence-corrected chi connectivity index (χ2v) is 5.73. The number of nitrogens with one attached hydrogen (secondary N) is 1. The van der Waals surface area contributed by atoms with Crippen LogP contribution in [0.5, 0.6) is 5.75 Å². The van der Waals surface area contributed by atoms with Gasteiger partial charge in [0.05, 0.1) is 11.5 Å². The molecule has 22 heavy (non-hydrogen) atoms. The Bertz CT molecular complexity index is 786. The van der Waals surface area contributed by atoms with Crippen LogP contribution >= 0.6 is 0 Å². The van der Waals surface area contributed by atoms with Crippen LogP contribution in [0.25, 0.3) is 0 Å². The summed E-state index contributed by atoms with van der Waals surface area (Å²) in [5.41, 5.74) is 2.46. The van der Waals surface area contributed by atoms with Gasteiger partial charge in [0, 0.05) is 17.3 Å². The number of aryl methyl sites for hydroxylation is 1. The van der Waals surface area contributed by atoms with Crippen LogP contribution in [0.4, 0.5) is 5.69 Å². The highest BCUT2D eigenvalue weighted by Gasteiger charge is 2.44.